The highest BCUT2D eigenvalue weighted by Crippen LogP contribution is 2.24. The summed E-state index contributed by atoms with van der Waals surface area (Å²) < 4.78 is 5.51. The summed E-state index contributed by atoms with van der Waals surface area (Å²) in [6.07, 6.45) is -0.118. The molecule has 0 unspecified atom stereocenters. The van der Waals surface area contributed by atoms with E-state index in [1.165, 1.54) is 4.90 Å². The van der Waals surface area contributed by atoms with Gasteiger partial charge in [-0.1, -0.05) is 30.3 Å². The first kappa shape index (κ1) is 15.5. The lowest BCUT2D eigenvalue weighted by atomic mass is 9.98. The lowest BCUT2D eigenvalue weighted by Gasteiger charge is -2.34. The number of carbonyl (C=O) groups excluding carboxylic acids is 3. The predicted molar refractivity (Wildman–Crippen MR) is 81.3 cm³/mol. The minimum absolute atomic E-state index is 0.0220. The Kier molecular flexibility index (Phi) is 4.57. The second-order valence-corrected chi connectivity index (χ2v) is 5.65. The van der Waals surface area contributed by atoms with Crippen molar-refractivity contribution in [1.29, 1.82) is 0 Å². The predicted octanol–water partition coefficient (Wildman–Crippen LogP) is -0.409. The van der Waals surface area contributed by atoms with Gasteiger partial charge in [-0.05, 0) is 12.0 Å². The van der Waals surface area contributed by atoms with E-state index in [0.29, 0.717) is 19.5 Å². The molecule has 2 fully saturated rings. The molecule has 0 saturated carbocycles. The van der Waals surface area contributed by atoms with Crippen molar-refractivity contribution in [3.05, 3.63) is 35.9 Å². The Hall–Kier alpha value is -2.41. The summed E-state index contributed by atoms with van der Waals surface area (Å²) in [6.45, 7) is 0.924. The fourth-order valence-corrected chi connectivity index (χ4v) is 2.86. The van der Waals surface area contributed by atoms with Gasteiger partial charge in [0.15, 0.2) is 6.10 Å². The van der Waals surface area contributed by atoms with Crippen LogP contribution in [0.4, 0.5) is 0 Å². The Morgan fingerprint density at radius 3 is 2.74 bits per heavy atom. The average Bonchev–Trinajstić information content (AvgIpc) is 2.79. The smallest absolute Gasteiger partial charge is 0.254 e. The highest BCUT2D eigenvalue weighted by molar-refractivity contribution is 5.89. The third kappa shape index (κ3) is 3.50. The number of nitrogens with one attached hydrogen (secondary N) is 2. The van der Waals surface area contributed by atoms with Crippen LogP contribution in [0.2, 0.25) is 0 Å². The van der Waals surface area contributed by atoms with Gasteiger partial charge in [-0.25, -0.2) is 0 Å². The van der Waals surface area contributed by atoms with E-state index in [9.17, 15) is 14.4 Å². The zero-order valence-electron chi connectivity index (χ0n) is 12.7. The average molecular weight is 317 g/mol. The van der Waals surface area contributed by atoms with Gasteiger partial charge in [0.2, 0.25) is 11.8 Å². The molecule has 7 nitrogen and oxygen atoms in total. The van der Waals surface area contributed by atoms with E-state index in [2.05, 4.69) is 10.6 Å². The van der Waals surface area contributed by atoms with E-state index < -0.39 is 12.1 Å². The molecule has 2 N–H and O–H groups in total. The summed E-state index contributed by atoms with van der Waals surface area (Å²) in [6, 6.07) is 8.69. The van der Waals surface area contributed by atoms with Gasteiger partial charge in [-0.3, -0.25) is 14.4 Å². The molecule has 0 radical (unpaired) electrons. The lowest BCUT2D eigenvalue weighted by Crippen LogP contribution is -2.54. The fraction of sp³-hybridized carbons (Fsp3) is 0.438. The number of hydrogen-bond donors (Lipinski definition) is 2. The fourth-order valence-electron chi connectivity index (χ4n) is 2.86. The molecular weight excluding hydrogens is 298 g/mol. The van der Waals surface area contributed by atoms with Gasteiger partial charge in [0, 0.05) is 13.1 Å². The first-order chi connectivity index (χ1) is 11.1. The molecule has 2 aliphatic rings. The van der Waals surface area contributed by atoms with Gasteiger partial charge in [-0.2, -0.15) is 0 Å². The van der Waals surface area contributed by atoms with Crippen molar-refractivity contribution < 1.29 is 19.1 Å². The largest absolute Gasteiger partial charge is 0.356 e. The van der Waals surface area contributed by atoms with Crippen LogP contribution in [0.1, 0.15) is 18.0 Å². The minimum atomic E-state index is -0.819. The third-order valence-corrected chi connectivity index (χ3v) is 3.99. The Balaban J connectivity index is 1.81. The monoisotopic (exact) mass is 317 g/mol. The summed E-state index contributed by atoms with van der Waals surface area (Å²) in [5.74, 6) is -0.695. The van der Waals surface area contributed by atoms with Crippen LogP contribution in [0.25, 0.3) is 0 Å². The molecule has 3 rings (SSSR count). The van der Waals surface area contributed by atoms with Crippen LogP contribution in [-0.4, -0.2) is 55.0 Å². The van der Waals surface area contributed by atoms with Crippen molar-refractivity contribution in [3.63, 3.8) is 0 Å². The molecule has 2 saturated heterocycles. The number of rotatable bonds is 2. The van der Waals surface area contributed by atoms with E-state index >= 15 is 0 Å². The first-order valence-corrected chi connectivity index (χ1v) is 7.66. The molecule has 2 atom stereocenters. The van der Waals surface area contributed by atoms with Crippen LogP contribution in [-0.2, 0) is 19.1 Å². The van der Waals surface area contributed by atoms with E-state index in [1.54, 1.807) is 0 Å². The third-order valence-electron chi connectivity index (χ3n) is 3.99. The summed E-state index contributed by atoms with van der Waals surface area (Å²) >= 11 is 0. The van der Waals surface area contributed by atoms with Gasteiger partial charge in [0.05, 0.1) is 12.6 Å². The zero-order valence-corrected chi connectivity index (χ0v) is 12.7. The highest BCUT2D eigenvalue weighted by atomic mass is 16.5. The zero-order chi connectivity index (χ0) is 16.2. The molecule has 1 aromatic rings. The van der Waals surface area contributed by atoms with Gasteiger partial charge >= 0.3 is 0 Å². The van der Waals surface area contributed by atoms with Crippen LogP contribution in [0.5, 0.6) is 0 Å². The van der Waals surface area contributed by atoms with Crippen molar-refractivity contribution in [2.24, 2.45) is 0 Å². The highest BCUT2D eigenvalue weighted by Gasteiger charge is 2.38. The van der Waals surface area contributed by atoms with E-state index in [1.807, 2.05) is 30.3 Å². The normalized spacial score (nSPS) is 25.3. The molecule has 0 aliphatic carbocycles. The topological polar surface area (TPSA) is 87.7 Å². The maximum atomic E-state index is 12.8. The van der Waals surface area contributed by atoms with Gasteiger partial charge < -0.3 is 20.3 Å². The van der Waals surface area contributed by atoms with Crippen molar-refractivity contribution in [1.82, 2.24) is 15.5 Å². The summed E-state index contributed by atoms with van der Waals surface area (Å²) in [5.41, 5.74) is 0.804. The van der Waals surface area contributed by atoms with Crippen molar-refractivity contribution in [2.45, 2.75) is 18.6 Å². The first-order valence-electron chi connectivity index (χ1n) is 7.66. The molecule has 3 amide bonds. The lowest BCUT2D eigenvalue weighted by molar-refractivity contribution is -0.156. The maximum Gasteiger partial charge on any atom is 0.254 e. The van der Waals surface area contributed by atoms with Crippen LogP contribution in [0.15, 0.2) is 30.3 Å². The molecule has 2 heterocycles. The van der Waals surface area contributed by atoms with Gasteiger partial charge in [0.1, 0.15) is 6.61 Å². The quantitative estimate of drug-likeness (QED) is 0.776. The molecule has 23 heavy (non-hydrogen) atoms. The molecule has 122 valence electrons. The van der Waals surface area contributed by atoms with Crippen LogP contribution >= 0.6 is 0 Å². The standard InChI is InChI=1S/C16H19N3O4/c20-12-9-19(8-4-7-17-12)16(22)15-14(18-13(21)10-23-15)11-5-2-1-3-6-11/h1-3,5-6,14-15H,4,7-10H2,(H,17,20)(H,18,21)/t14-,15+/m1/s1. The van der Waals surface area contributed by atoms with Crippen molar-refractivity contribution in [3.8, 4) is 0 Å². The number of amides is 3. The summed E-state index contributed by atoms with van der Waals surface area (Å²) in [4.78, 5) is 37.7. The SMILES string of the molecule is O=C1CN(C(=O)[C@H]2OCC(=O)N[C@@H]2c2ccccc2)CCCN1. The van der Waals surface area contributed by atoms with Gasteiger partial charge in [-0.15, -0.1) is 0 Å². The Bertz CT molecular complexity index is 605. The number of hydrogen-bond acceptors (Lipinski definition) is 4. The molecule has 1 aromatic carbocycles. The van der Waals surface area contributed by atoms with Crippen LogP contribution < -0.4 is 10.6 Å². The second-order valence-electron chi connectivity index (χ2n) is 5.65. The second kappa shape index (κ2) is 6.78. The van der Waals surface area contributed by atoms with Crippen LogP contribution in [0.3, 0.4) is 0 Å². The molecule has 2 aliphatic heterocycles. The number of benzene rings is 1. The molecule has 0 aromatic heterocycles. The van der Waals surface area contributed by atoms with Crippen molar-refractivity contribution in [2.75, 3.05) is 26.2 Å². The maximum absolute atomic E-state index is 12.8. The number of nitrogens with zero attached hydrogens (tertiary/aromatic N) is 1. The Labute approximate surface area is 134 Å². The summed E-state index contributed by atoms with van der Waals surface area (Å²) in [5, 5.41) is 5.56. The van der Waals surface area contributed by atoms with E-state index in [4.69, 9.17) is 4.74 Å². The molecule has 7 heteroatoms. The van der Waals surface area contributed by atoms with E-state index in [0.717, 1.165) is 5.56 Å². The van der Waals surface area contributed by atoms with Crippen molar-refractivity contribution >= 4 is 17.7 Å². The molecule has 0 bridgehead atoms. The Morgan fingerprint density at radius 1 is 1.17 bits per heavy atom. The number of carbonyl (C=O) groups is 3. The minimum Gasteiger partial charge on any atom is -0.356 e. The molecular formula is C16H19N3O4. The summed E-state index contributed by atoms with van der Waals surface area (Å²) in [7, 11) is 0. The Morgan fingerprint density at radius 2 is 1.96 bits per heavy atom. The number of ether oxygens (including phenoxy) is 1. The van der Waals surface area contributed by atoms with Crippen LogP contribution in [0, 0.1) is 0 Å². The van der Waals surface area contributed by atoms with Gasteiger partial charge in [0.25, 0.3) is 5.91 Å². The molecule has 0 spiro atoms. The van der Waals surface area contributed by atoms with E-state index in [-0.39, 0.29) is 30.9 Å². The number of morpholine rings is 1.